The van der Waals surface area contributed by atoms with E-state index in [0.717, 1.165) is 40.7 Å². The molecule has 3 N–H and O–H groups in total. The van der Waals surface area contributed by atoms with E-state index in [9.17, 15) is 0 Å². The van der Waals surface area contributed by atoms with Crippen LogP contribution in [0.25, 0.3) is 0 Å². The van der Waals surface area contributed by atoms with Gasteiger partial charge in [0.2, 0.25) is 0 Å². The minimum atomic E-state index is 0.375. The molecule has 0 fully saturated rings. The summed E-state index contributed by atoms with van der Waals surface area (Å²) in [4.78, 5) is 4.81. The van der Waals surface area contributed by atoms with Crippen LogP contribution >= 0.6 is 23.6 Å². The number of ether oxygens (including phenoxy) is 1. The average Bonchev–Trinajstić information content (AvgIpc) is 2.84. The fourth-order valence-corrected chi connectivity index (χ4v) is 2.68. The molecule has 6 heteroatoms. The van der Waals surface area contributed by atoms with E-state index >= 15 is 0 Å². The lowest BCUT2D eigenvalue weighted by Crippen LogP contribution is -2.14. The Labute approximate surface area is 128 Å². The van der Waals surface area contributed by atoms with Crippen LogP contribution in [0.1, 0.15) is 16.3 Å². The predicted octanol–water partition coefficient (Wildman–Crippen LogP) is 2.75. The van der Waals surface area contributed by atoms with E-state index in [1.54, 1.807) is 18.4 Å². The quantitative estimate of drug-likeness (QED) is 0.804. The van der Waals surface area contributed by atoms with Crippen molar-refractivity contribution in [3.63, 3.8) is 0 Å². The van der Waals surface area contributed by atoms with Gasteiger partial charge in [0.1, 0.15) is 10.7 Å². The summed E-state index contributed by atoms with van der Waals surface area (Å²) in [5, 5.41) is 6.51. The number of rotatable bonds is 6. The number of hydrogen-bond donors (Lipinski definition) is 2. The standard InChI is InChI=1S/C14H17N3OS2/c1-9-17-10(8-20-9)5-6-16-13-7-11(18-2)3-4-12(13)14(15)19/h3-4,7-8,16H,5-6H2,1-2H3,(H2,15,19). The van der Waals surface area contributed by atoms with Gasteiger partial charge in [0.15, 0.2) is 0 Å². The van der Waals surface area contributed by atoms with E-state index < -0.39 is 0 Å². The zero-order valence-corrected chi connectivity index (χ0v) is 13.1. The van der Waals surface area contributed by atoms with Gasteiger partial charge in [-0.3, -0.25) is 0 Å². The van der Waals surface area contributed by atoms with Crippen LogP contribution < -0.4 is 15.8 Å². The van der Waals surface area contributed by atoms with Gasteiger partial charge in [-0.15, -0.1) is 11.3 Å². The minimum Gasteiger partial charge on any atom is -0.497 e. The highest BCUT2D eigenvalue weighted by molar-refractivity contribution is 7.80. The smallest absolute Gasteiger partial charge is 0.120 e. The van der Waals surface area contributed by atoms with E-state index in [2.05, 4.69) is 15.7 Å². The van der Waals surface area contributed by atoms with E-state index in [1.807, 2.05) is 25.1 Å². The van der Waals surface area contributed by atoms with E-state index in [1.165, 1.54) is 0 Å². The predicted molar refractivity (Wildman–Crippen MR) is 87.9 cm³/mol. The number of nitrogens with one attached hydrogen (secondary N) is 1. The molecule has 0 aliphatic carbocycles. The Balaban J connectivity index is 2.05. The number of thiocarbonyl (C=S) groups is 1. The molecule has 0 saturated heterocycles. The van der Waals surface area contributed by atoms with Crippen molar-refractivity contribution >= 4 is 34.2 Å². The van der Waals surface area contributed by atoms with Crippen LogP contribution in [0.4, 0.5) is 5.69 Å². The van der Waals surface area contributed by atoms with Crippen molar-refractivity contribution in [2.24, 2.45) is 5.73 Å². The summed E-state index contributed by atoms with van der Waals surface area (Å²) in [6.45, 7) is 2.78. The highest BCUT2D eigenvalue weighted by atomic mass is 32.1. The number of thiazole rings is 1. The summed E-state index contributed by atoms with van der Waals surface area (Å²) in [5.74, 6) is 0.775. The third-order valence-corrected chi connectivity index (χ3v) is 3.90. The number of nitrogens with zero attached hydrogens (tertiary/aromatic N) is 1. The summed E-state index contributed by atoms with van der Waals surface area (Å²) < 4.78 is 5.22. The summed E-state index contributed by atoms with van der Waals surface area (Å²) in [7, 11) is 1.64. The number of methoxy groups -OCH3 is 1. The number of benzene rings is 1. The first-order chi connectivity index (χ1) is 9.60. The largest absolute Gasteiger partial charge is 0.497 e. The number of anilines is 1. The molecule has 0 spiro atoms. The molecule has 106 valence electrons. The molecule has 4 nitrogen and oxygen atoms in total. The van der Waals surface area contributed by atoms with Crippen molar-refractivity contribution in [1.29, 1.82) is 0 Å². The van der Waals surface area contributed by atoms with Gasteiger partial charge in [-0.25, -0.2) is 4.98 Å². The highest BCUT2D eigenvalue weighted by Crippen LogP contribution is 2.22. The number of hydrogen-bond acceptors (Lipinski definition) is 5. The fourth-order valence-electron chi connectivity index (χ4n) is 1.86. The van der Waals surface area contributed by atoms with Gasteiger partial charge in [-0.1, -0.05) is 12.2 Å². The van der Waals surface area contributed by atoms with Gasteiger partial charge in [0, 0.05) is 35.7 Å². The second kappa shape index (κ2) is 6.67. The summed E-state index contributed by atoms with van der Waals surface area (Å²) in [6.07, 6.45) is 0.859. The van der Waals surface area contributed by atoms with Crippen molar-refractivity contribution in [1.82, 2.24) is 4.98 Å². The molecular formula is C14H17N3OS2. The van der Waals surface area contributed by atoms with Crippen molar-refractivity contribution in [3.8, 4) is 5.75 Å². The van der Waals surface area contributed by atoms with Crippen LogP contribution in [0.15, 0.2) is 23.6 Å². The number of aryl methyl sites for hydroxylation is 1. The highest BCUT2D eigenvalue weighted by Gasteiger charge is 2.07. The van der Waals surface area contributed by atoms with Crippen molar-refractivity contribution < 1.29 is 4.74 Å². The van der Waals surface area contributed by atoms with Gasteiger partial charge in [0.25, 0.3) is 0 Å². The van der Waals surface area contributed by atoms with Crippen LogP contribution in [0, 0.1) is 6.92 Å². The molecule has 0 amide bonds. The van der Waals surface area contributed by atoms with Crippen molar-refractivity contribution in [3.05, 3.63) is 39.8 Å². The van der Waals surface area contributed by atoms with E-state index in [4.69, 9.17) is 22.7 Å². The molecule has 2 aromatic rings. The van der Waals surface area contributed by atoms with Gasteiger partial charge in [-0.05, 0) is 19.1 Å². The third-order valence-electron chi connectivity index (χ3n) is 2.86. The average molecular weight is 307 g/mol. The van der Waals surface area contributed by atoms with Crippen molar-refractivity contribution in [2.75, 3.05) is 19.0 Å². The molecular weight excluding hydrogens is 290 g/mol. The Morgan fingerprint density at radius 2 is 2.30 bits per heavy atom. The van der Waals surface area contributed by atoms with Gasteiger partial charge in [-0.2, -0.15) is 0 Å². The topological polar surface area (TPSA) is 60.2 Å². The van der Waals surface area contributed by atoms with Gasteiger partial charge >= 0.3 is 0 Å². The second-order valence-corrected chi connectivity index (χ2v) is 5.81. The Bertz CT molecular complexity index is 610. The Kier molecular flexibility index (Phi) is 4.92. The number of nitrogens with two attached hydrogens (primary N) is 1. The molecule has 0 atom stereocenters. The maximum atomic E-state index is 5.73. The molecule has 2 rings (SSSR count). The maximum Gasteiger partial charge on any atom is 0.120 e. The lowest BCUT2D eigenvalue weighted by Gasteiger charge is -2.12. The van der Waals surface area contributed by atoms with Crippen LogP contribution in [0.2, 0.25) is 0 Å². The Hall–Kier alpha value is -1.66. The molecule has 1 aromatic heterocycles. The Morgan fingerprint density at radius 1 is 1.50 bits per heavy atom. The second-order valence-electron chi connectivity index (χ2n) is 4.31. The molecule has 1 aromatic carbocycles. The SMILES string of the molecule is COc1ccc(C(N)=S)c(NCCc2csc(C)n2)c1. The van der Waals surface area contributed by atoms with Crippen LogP contribution in [-0.2, 0) is 6.42 Å². The molecule has 20 heavy (non-hydrogen) atoms. The first-order valence-electron chi connectivity index (χ1n) is 6.23. The van der Waals surface area contributed by atoms with Gasteiger partial charge in [0.05, 0.1) is 17.8 Å². The van der Waals surface area contributed by atoms with Gasteiger partial charge < -0.3 is 15.8 Å². The molecule has 0 aliphatic heterocycles. The summed E-state index contributed by atoms with van der Waals surface area (Å²) >= 11 is 6.73. The lowest BCUT2D eigenvalue weighted by molar-refractivity contribution is 0.415. The lowest BCUT2D eigenvalue weighted by atomic mass is 10.1. The minimum absolute atomic E-state index is 0.375. The third kappa shape index (κ3) is 3.68. The van der Waals surface area contributed by atoms with E-state index in [-0.39, 0.29) is 0 Å². The van der Waals surface area contributed by atoms with E-state index in [0.29, 0.717) is 4.99 Å². The van der Waals surface area contributed by atoms with Crippen LogP contribution in [-0.4, -0.2) is 23.6 Å². The summed E-state index contributed by atoms with van der Waals surface area (Å²) in [6, 6.07) is 5.63. The molecule has 0 aliphatic rings. The molecule has 0 bridgehead atoms. The van der Waals surface area contributed by atoms with Crippen LogP contribution in [0.3, 0.4) is 0 Å². The normalized spacial score (nSPS) is 10.3. The zero-order valence-electron chi connectivity index (χ0n) is 11.5. The molecule has 0 radical (unpaired) electrons. The zero-order chi connectivity index (χ0) is 14.5. The number of aromatic nitrogens is 1. The Morgan fingerprint density at radius 3 is 2.90 bits per heavy atom. The van der Waals surface area contributed by atoms with Crippen LogP contribution in [0.5, 0.6) is 5.75 Å². The fraction of sp³-hybridized carbons (Fsp3) is 0.286. The van der Waals surface area contributed by atoms with Crippen molar-refractivity contribution in [2.45, 2.75) is 13.3 Å². The summed E-state index contributed by atoms with van der Waals surface area (Å²) in [5.41, 5.74) is 8.55. The first kappa shape index (κ1) is 14.7. The molecule has 1 heterocycles. The first-order valence-corrected chi connectivity index (χ1v) is 7.51. The monoisotopic (exact) mass is 307 g/mol. The maximum absolute atomic E-state index is 5.73. The molecule has 0 saturated carbocycles. The molecule has 0 unspecified atom stereocenters.